The topological polar surface area (TPSA) is 35.1 Å². The number of alkyl halides is 10. The average molecular weight is 397 g/mol. The number of nitrogens with zero attached hydrogens (tertiary/aromatic N) is 2. The van der Waals surface area contributed by atoms with Gasteiger partial charge in [-0.1, -0.05) is 0 Å². The second-order valence-corrected chi connectivity index (χ2v) is 6.93. The summed E-state index contributed by atoms with van der Waals surface area (Å²) in [6.07, 6.45) is -12.2. The lowest BCUT2D eigenvalue weighted by molar-refractivity contribution is -0.674. The van der Waals surface area contributed by atoms with Gasteiger partial charge < -0.3 is 4.52 Å². The molecule has 1 heterocycles. The maximum Gasteiger partial charge on any atom is 0.465 e. The highest BCUT2D eigenvalue weighted by Crippen LogP contribution is 2.76. The van der Waals surface area contributed by atoms with Crippen molar-refractivity contribution in [3.8, 4) is 6.01 Å². The van der Waals surface area contributed by atoms with Crippen molar-refractivity contribution < 1.29 is 57.6 Å². The highest BCUT2D eigenvalue weighted by Gasteiger charge is 2.86. The van der Waals surface area contributed by atoms with Gasteiger partial charge in [0.2, 0.25) is 0 Å². The first-order valence-corrected chi connectivity index (χ1v) is 7.22. The van der Waals surface area contributed by atoms with E-state index < -0.39 is 37.1 Å². The van der Waals surface area contributed by atoms with Crippen LogP contribution in [0.15, 0.2) is 12.4 Å². The van der Waals surface area contributed by atoms with Crippen molar-refractivity contribution in [2.45, 2.75) is 23.7 Å². The summed E-state index contributed by atoms with van der Waals surface area (Å²) in [6.45, 7) is 0. The minimum Gasteiger partial charge on any atom is -0.366 e. The average Bonchev–Trinajstić information content (AvgIpc) is 2.67. The molecule has 4 nitrogen and oxygen atoms in total. The Morgan fingerprint density at radius 3 is 1.58 bits per heavy atom. The standard InChI is InChI=1S/C9H8F10N2O2P/c1-20-3-4-21(2)5(20)23-24(22,8(16,17)6(10,11)12)9(18,19)7(13,14)15/h3-4H,1-2H3/q+1. The lowest BCUT2D eigenvalue weighted by Gasteiger charge is -2.33. The van der Waals surface area contributed by atoms with E-state index in [2.05, 4.69) is 4.52 Å². The Labute approximate surface area is 127 Å². The Morgan fingerprint density at radius 1 is 0.958 bits per heavy atom. The van der Waals surface area contributed by atoms with E-state index in [1.54, 1.807) is 0 Å². The van der Waals surface area contributed by atoms with Gasteiger partial charge in [0, 0.05) is 0 Å². The molecular formula is C9H8F10N2O2P+. The molecule has 0 atom stereocenters. The van der Waals surface area contributed by atoms with Crippen molar-refractivity contribution in [2.75, 3.05) is 0 Å². The Balaban J connectivity index is 3.70. The van der Waals surface area contributed by atoms with Gasteiger partial charge in [-0.05, 0) is 0 Å². The second-order valence-electron chi connectivity index (χ2n) is 4.52. The van der Waals surface area contributed by atoms with Crippen LogP contribution in [0.1, 0.15) is 0 Å². The molecule has 140 valence electrons. The van der Waals surface area contributed by atoms with Crippen molar-refractivity contribution >= 4 is 7.37 Å². The number of rotatable bonds is 4. The molecule has 0 aliphatic carbocycles. The van der Waals surface area contributed by atoms with E-state index in [0.717, 1.165) is 26.5 Å². The molecule has 0 unspecified atom stereocenters. The second kappa shape index (κ2) is 5.53. The van der Waals surface area contributed by atoms with Crippen molar-refractivity contribution in [3.63, 3.8) is 0 Å². The molecule has 0 saturated heterocycles. The molecule has 0 radical (unpaired) electrons. The van der Waals surface area contributed by atoms with E-state index in [1.165, 1.54) is 0 Å². The summed E-state index contributed by atoms with van der Waals surface area (Å²) in [5.74, 6) is 0. The van der Waals surface area contributed by atoms with Crippen LogP contribution in [-0.2, 0) is 18.7 Å². The fourth-order valence-corrected chi connectivity index (χ4v) is 3.18. The van der Waals surface area contributed by atoms with E-state index >= 15 is 0 Å². The Kier molecular flexibility index (Phi) is 4.74. The summed E-state index contributed by atoms with van der Waals surface area (Å²) in [6, 6.07) is -1.33. The van der Waals surface area contributed by atoms with Crippen LogP contribution in [0.3, 0.4) is 0 Å². The van der Waals surface area contributed by atoms with Gasteiger partial charge in [-0.25, -0.2) is 0 Å². The van der Waals surface area contributed by atoms with Crippen LogP contribution in [-0.4, -0.2) is 28.2 Å². The Morgan fingerprint density at radius 2 is 1.33 bits per heavy atom. The minimum atomic E-state index is -8.07. The monoisotopic (exact) mass is 397 g/mol. The van der Waals surface area contributed by atoms with Crippen LogP contribution in [0.4, 0.5) is 43.9 Å². The number of halogens is 10. The van der Waals surface area contributed by atoms with E-state index in [0.29, 0.717) is 9.13 Å². The lowest BCUT2D eigenvalue weighted by Crippen LogP contribution is -2.49. The molecule has 1 aromatic rings. The van der Waals surface area contributed by atoms with Gasteiger partial charge in [-0.15, -0.1) is 0 Å². The van der Waals surface area contributed by atoms with E-state index in [1.807, 2.05) is 0 Å². The molecule has 1 aromatic heterocycles. The van der Waals surface area contributed by atoms with Gasteiger partial charge in [-0.2, -0.15) is 53.0 Å². The smallest absolute Gasteiger partial charge is 0.366 e. The predicted octanol–water partition coefficient (Wildman–Crippen LogP) is 3.82. The van der Waals surface area contributed by atoms with Gasteiger partial charge in [-0.3, -0.25) is 4.57 Å². The molecule has 1 rings (SSSR count). The summed E-state index contributed by atoms with van der Waals surface area (Å²) in [4.78, 5) is 0. The molecule has 24 heavy (non-hydrogen) atoms. The Bertz CT molecular complexity index is 613. The molecular weight excluding hydrogens is 389 g/mol. The maximum atomic E-state index is 13.3. The predicted molar refractivity (Wildman–Crippen MR) is 56.8 cm³/mol. The van der Waals surface area contributed by atoms with Gasteiger partial charge in [0.15, 0.2) is 0 Å². The summed E-state index contributed by atoms with van der Waals surface area (Å²) in [5.41, 5.74) is -14.0. The zero-order valence-corrected chi connectivity index (χ0v) is 12.5. The summed E-state index contributed by atoms with van der Waals surface area (Å²) in [7, 11) is -6.32. The molecule has 0 aromatic carbocycles. The molecule has 0 fully saturated rings. The molecule has 0 N–H and O–H groups in total. The first-order chi connectivity index (χ1) is 10.4. The molecule has 0 spiro atoms. The van der Waals surface area contributed by atoms with Crippen LogP contribution >= 0.6 is 7.37 Å². The third-order valence-corrected chi connectivity index (χ3v) is 5.16. The highest BCUT2D eigenvalue weighted by molar-refractivity contribution is 7.62. The maximum absolute atomic E-state index is 13.3. The third-order valence-electron chi connectivity index (χ3n) is 2.75. The zero-order chi connectivity index (χ0) is 19.4. The summed E-state index contributed by atoms with van der Waals surface area (Å²) in [5, 5.41) is 0. The number of hydrogen-bond acceptors (Lipinski definition) is 2. The fraction of sp³-hybridized carbons (Fsp3) is 0.667. The van der Waals surface area contributed by atoms with Crippen LogP contribution in [0, 0.1) is 0 Å². The van der Waals surface area contributed by atoms with Gasteiger partial charge >= 0.3 is 37.1 Å². The zero-order valence-electron chi connectivity index (χ0n) is 11.6. The quantitative estimate of drug-likeness (QED) is 0.440. The third kappa shape index (κ3) is 2.84. The molecule has 0 aliphatic rings. The molecule has 0 amide bonds. The lowest BCUT2D eigenvalue weighted by atomic mass is 10.7. The van der Waals surface area contributed by atoms with E-state index in [-0.39, 0.29) is 0 Å². The molecule has 0 bridgehead atoms. The minimum absolute atomic E-state index is 0.492. The number of imidazole rings is 1. The van der Waals surface area contributed by atoms with Crippen LogP contribution < -0.4 is 9.09 Å². The van der Waals surface area contributed by atoms with E-state index in [4.69, 9.17) is 0 Å². The van der Waals surface area contributed by atoms with Crippen LogP contribution in [0.2, 0.25) is 0 Å². The van der Waals surface area contributed by atoms with Crippen molar-refractivity contribution in [3.05, 3.63) is 12.4 Å². The molecule has 0 saturated carbocycles. The number of hydrogen-bond donors (Lipinski definition) is 0. The fourth-order valence-electron chi connectivity index (χ4n) is 1.44. The SMILES string of the molecule is Cn1cc[n+](C)c1OP(=O)(C(F)(F)C(F)(F)F)C(F)(F)C(F)(F)F. The van der Waals surface area contributed by atoms with E-state index in [9.17, 15) is 48.5 Å². The van der Waals surface area contributed by atoms with Crippen molar-refractivity contribution in [2.24, 2.45) is 14.1 Å². The molecule has 0 aliphatic heterocycles. The summed E-state index contributed by atoms with van der Waals surface area (Å²) < 4.78 is 144. The summed E-state index contributed by atoms with van der Waals surface area (Å²) >= 11 is 0. The Hall–Kier alpha value is -1.46. The van der Waals surface area contributed by atoms with Crippen molar-refractivity contribution in [1.29, 1.82) is 0 Å². The largest absolute Gasteiger partial charge is 0.465 e. The van der Waals surface area contributed by atoms with Crippen LogP contribution in [0.5, 0.6) is 6.01 Å². The van der Waals surface area contributed by atoms with Gasteiger partial charge in [0.25, 0.3) is 0 Å². The number of aryl methyl sites for hydroxylation is 2. The first kappa shape index (κ1) is 20.6. The number of aromatic nitrogens is 2. The van der Waals surface area contributed by atoms with Crippen molar-refractivity contribution in [1.82, 2.24) is 4.57 Å². The van der Waals surface area contributed by atoms with Crippen LogP contribution in [0.25, 0.3) is 0 Å². The van der Waals surface area contributed by atoms with Gasteiger partial charge in [0.05, 0.1) is 14.1 Å². The normalized spacial score (nSPS) is 14.8. The first-order valence-electron chi connectivity index (χ1n) is 5.60. The van der Waals surface area contributed by atoms with Gasteiger partial charge in [0.1, 0.15) is 12.4 Å². The highest BCUT2D eigenvalue weighted by atomic mass is 31.2. The molecule has 15 heteroatoms.